The van der Waals surface area contributed by atoms with Crippen LogP contribution in [0, 0.1) is 0 Å². The molecule has 1 heterocycles. The third kappa shape index (κ3) is 5.26. The van der Waals surface area contributed by atoms with Crippen molar-refractivity contribution in [1.82, 2.24) is 10.2 Å². The molecule has 0 aliphatic rings. The van der Waals surface area contributed by atoms with E-state index in [2.05, 4.69) is 27.0 Å². The first-order valence-corrected chi connectivity index (χ1v) is 9.60. The molecule has 0 saturated heterocycles. The maximum absolute atomic E-state index is 12.4. The van der Waals surface area contributed by atoms with Gasteiger partial charge in [-0.1, -0.05) is 0 Å². The Kier molecular flexibility index (Phi) is 7.15. The summed E-state index contributed by atoms with van der Waals surface area (Å²) in [5, 5.41) is 7.12. The van der Waals surface area contributed by atoms with Crippen LogP contribution in [-0.2, 0) is 4.79 Å². The number of benzene rings is 1. The van der Waals surface area contributed by atoms with E-state index in [0.29, 0.717) is 6.54 Å². The zero-order valence-electron chi connectivity index (χ0n) is 14.5. The van der Waals surface area contributed by atoms with Gasteiger partial charge in [0, 0.05) is 11.4 Å². The number of likely N-dealkylation sites (N-methyl/N-ethyl adjacent to an activating group) is 1. The van der Waals surface area contributed by atoms with Gasteiger partial charge >= 0.3 is 0 Å². The second kappa shape index (κ2) is 9.11. The molecule has 4 nitrogen and oxygen atoms in total. The monoisotopic (exact) mass is 364 g/mol. The van der Waals surface area contributed by atoms with E-state index in [1.165, 1.54) is 5.56 Å². The maximum Gasteiger partial charge on any atom is 0.233 e. The average Bonchev–Trinajstić information content (AvgIpc) is 3.09. The molecule has 1 N–H and O–H groups in total. The number of thiophene rings is 1. The van der Waals surface area contributed by atoms with E-state index in [0.717, 1.165) is 10.6 Å². The lowest BCUT2D eigenvalue weighted by Crippen LogP contribution is -2.37. The molecule has 0 radical (unpaired) electrons. The van der Waals surface area contributed by atoms with Gasteiger partial charge < -0.3 is 15.0 Å². The molecule has 24 heavy (non-hydrogen) atoms. The summed E-state index contributed by atoms with van der Waals surface area (Å²) < 4.78 is 5.15. The lowest BCUT2D eigenvalue weighted by molar-refractivity contribution is -0.120. The molecule has 2 aromatic rings. The maximum atomic E-state index is 12.4. The topological polar surface area (TPSA) is 41.6 Å². The molecular formula is C18H24N2O2S2. The number of carbonyl (C=O) groups excluding carboxylic acids is 1. The molecule has 0 spiro atoms. The first kappa shape index (κ1) is 18.8. The highest BCUT2D eigenvalue weighted by atomic mass is 32.2. The van der Waals surface area contributed by atoms with Gasteiger partial charge in [0.15, 0.2) is 0 Å². The summed E-state index contributed by atoms with van der Waals surface area (Å²) in [5.41, 5.74) is 1.24. The molecule has 0 fully saturated rings. The number of nitrogens with zero attached hydrogens (tertiary/aromatic N) is 1. The number of amides is 1. The van der Waals surface area contributed by atoms with Crippen LogP contribution in [0.5, 0.6) is 5.75 Å². The fourth-order valence-corrected chi connectivity index (χ4v) is 3.91. The number of methoxy groups -OCH3 is 1. The van der Waals surface area contributed by atoms with Crippen molar-refractivity contribution in [2.24, 2.45) is 0 Å². The molecule has 130 valence electrons. The highest BCUT2D eigenvalue weighted by Crippen LogP contribution is 2.26. The summed E-state index contributed by atoms with van der Waals surface area (Å²) in [6.07, 6.45) is 0. The molecule has 2 atom stereocenters. The first-order valence-electron chi connectivity index (χ1n) is 7.78. The first-order chi connectivity index (χ1) is 11.5. The van der Waals surface area contributed by atoms with Crippen molar-refractivity contribution in [3.8, 4) is 5.75 Å². The van der Waals surface area contributed by atoms with Crippen LogP contribution in [0.4, 0.5) is 0 Å². The van der Waals surface area contributed by atoms with Gasteiger partial charge in [-0.2, -0.15) is 11.3 Å². The predicted octanol–water partition coefficient (Wildman–Crippen LogP) is 3.66. The van der Waals surface area contributed by atoms with Crippen molar-refractivity contribution >= 4 is 29.0 Å². The normalized spacial score (nSPS) is 13.5. The second-order valence-corrected chi connectivity index (χ2v) is 7.91. The van der Waals surface area contributed by atoms with Gasteiger partial charge in [0.2, 0.25) is 5.91 Å². The summed E-state index contributed by atoms with van der Waals surface area (Å²) in [6, 6.07) is 10.1. The van der Waals surface area contributed by atoms with E-state index in [4.69, 9.17) is 4.74 Å². The standard InChI is InChI=1S/C18H24N2O2S2/c1-13(24-16-7-5-15(22-4)6-8-16)18(21)19-11-17(20(2)3)14-9-10-23-12-14/h5-10,12-13,17H,11H2,1-4H3,(H,19,21). The predicted molar refractivity (Wildman–Crippen MR) is 102 cm³/mol. The number of nitrogens with one attached hydrogen (secondary N) is 1. The Labute approximate surface area is 152 Å². The third-order valence-electron chi connectivity index (χ3n) is 3.76. The highest BCUT2D eigenvalue weighted by molar-refractivity contribution is 8.00. The number of ether oxygens (including phenoxy) is 1. The Bertz CT molecular complexity index is 627. The van der Waals surface area contributed by atoms with Crippen molar-refractivity contribution in [2.45, 2.75) is 23.1 Å². The number of hydrogen-bond acceptors (Lipinski definition) is 5. The fraction of sp³-hybridized carbons (Fsp3) is 0.389. The Hall–Kier alpha value is -1.50. The Morgan fingerprint density at radius 2 is 2.00 bits per heavy atom. The molecule has 1 aromatic heterocycles. The Balaban J connectivity index is 1.88. The van der Waals surface area contributed by atoms with Gasteiger partial charge in [0.05, 0.1) is 18.4 Å². The van der Waals surface area contributed by atoms with Crippen molar-refractivity contribution in [1.29, 1.82) is 0 Å². The van der Waals surface area contributed by atoms with Crippen LogP contribution in [0.3, 0.4) is 0 Å². The Morgan fingerprint density at radius 1 is 1.29 bits per heavy atom. The van der Waals surface area contributed by atoms with Crippen LogP contribution in [0.1, 0.15) is 18.5 Å². The number of rotatable bonds is 8. The van der Waals surface area contributed by atoms with Gasteiger partial charge in [-0.3, -0.25) is 4.79 Å². The van der Waals surface area contributed by atoms with Crippen molar-refractivity contribution in [3.05, 3.63) is 46.7 Å². The second-order valence-electron chi connectivity index (χ2n) is 5.72. The highest BCUT2D eigenvalue weighted by Gasteiger charge is 2.19. The summed E-state index contributed by atoms with van der Waals surface area (Å²) in [5.74, 6) is 0.874. The summed E-state index contributed by atoms with van der Waals surface area (Å²) in [7, 11) is 5.71. The van der Waals surface area contributed by atoms with Crippen LogP contribution in [0.2, 0.25) is 0 Å². The minimum atomic E-state index is -0.149. The molecule has 2 unspecified atom stereocenters. The van der Waals surface area contributed by atoms with E-state index in [1.807, 2.05) is 45.3 Å². The van der Waals surface area contributed by atoms with E-state index >= 15 is 0 Å². The number of hydrogen-bond donors (Lipinski definition) is 1. The zero-order chi connectivity index (χ0) is 17.5. The van der Waals surface area contributed by atoms with Crippen molar-refractivity contribution < 1.29 is 9.53 Å². The summed E-state index contributed by atoms with van der Waals surface area (Å²) in [6.45, 7) is 2.54. The number of thioether (sulfide) groups is 1. The van der Waals surface area contributed by atoms with E-state index in [1.54, 1.807) is 30.2 Å². The molecule has 2 rings (SSSR count). The molecule has 0 bridgehead atoms. The van der Waals surface area contributed by atoms with Crippen LogP contribution in [-0.4, -0.2) is 43.8 Å². The average molecular weight is 365 g/mol. The minimum absolute atomic E-state index is 0.0536. The molecule has 1 amide bonds. The molecule has 0 saturated carbocycles. The smallest absolute Gasteiger partial charge is 0.233 e. The molecular weight excluding hydrogens is 340 g/mol. The van der Waals surface area contributed by atoms with Crippen LogP contribution in [0.15, 0.2) is 46.0 Å². The van der Waals surface area contributed by atoms with Gasteiger partial charge in [-0.15, -0.1) is 11.8 Å². The lowest BCUT2D eigenvalue weighted by atomic mass is 10.1. The van der Waals surface area contributed by atoms with E-state index in [9.17, 15) is 4.79 Å². The van der Waals surface area contributed by atoms with Crippen LogP contribution < -0.4 is 10.1 Å². The molecule has 0 aliphatic heterocycles. The SMILES string of the molecule is COc1ccc(SC(C)C(=O)NCC(c2ccsc2)N(C)C)cc1. The van der Waals surface area contributed by atoms with Crippen LogP contribution in [0.25, 0.3) is 0 Å². The van der Waals surface area contributed by atoms with E-state index in [-0.39, 0.29) is 17.2 Å². The largest absolute Gasteiger partial charge is 0.497 e. The van der Waals surface area contributed by atoms with E-state index < -0.39 is 0 Å². The third-order valence-corrected chi connectivity index (χ3v) is 5.58. The van der Waals surface area contributed by atoms with Gasteiger partial charge in [0.25, 0.3) is 0 Å². The minimum Gasteiger partial charge on any atom is -0.497 e. The van der Waals surface area contributed by atoms with Crippen LogP contribution >= 0.6 is 23.1 Å². The summed E-state index contributed by atoms with van der Waals surface area (Å²) in [4.78, 5) is 15.6. The number of carbonyl (C=O) groups is 1. The van der Waals surface area contributed by atoms with Gasteiger partial charge in [-0.05, 0) is 67.7 Å². The van der Waals surface area contributed by atoms with Gasteiger partial charge in [-0.25, -0.2) is 0 Å². The van der Waals surface area contributed by atoms with Gasteiger partial charge in [0.1, 0.15) is 5.75 Å². The molecule has 0 aliphatic carbocycles. The van der Waals surface area contributed by atoms with Crippen molar-refractivity contribution in [2.75, 3.05) is 27.7 Å². The van der Waals surface area contributed by atoms with Crippen molar-refractivity contribution in [3.63, 3.8) is 0 Å². The molecule has 1 aromatic carbocycles. The Morgan fingerprint density at radius 3 is 2.54 bits per heavy atom. The molecule has 6 heteroatoms. The zero-order valence-corrected chi connectivity index (χ0v) is 16.1. The lowest BCUT2D eigenvalue weighted by Gasteiger charge is -2.24. The fourth-order valence-electron chi connectivity index (χ4n) is 2.32. The summed E-state index contributed by atoms with van der Waals surface area (Å²) >= 11 is 3.23. The quantitative estimate of drug-likeness (QED) is 0.726.